The molecule has 2 aromatic rings. The molecule has 2 aromatic heterocycles. The van der Waals surface area contributed by atoms with Crippen LogP contribution in [0.1, 0.15) is 78.7 Å². The van der Waals surface area contributed by atoms with Gasteiger partial charge in [0.05, 0.1) is 25.2 Å². The second-order valence-electron chi connectivity index (χ2n) is 9.12. The molecule has 1 amide bonds. The van der Waals surface area contributed by atoms with E-state index in [1.807, 2.05) is 4.90 Å². The van der Waals surface area contributed by atoms with Gasteiger partial charge in [-0.3, -0.25) is 4.79 Å². The molecule has 1 saturated carbocycles. The van der Waals surface area contributed by atoms with Crippen molar-refractivity contribution in [3.63, 3.8) is 0 Å². The molecule has 3 aliphatic rings. The minimum Gasteiger partial charge on any atom is -0.459 e. The maximum absolute atomic E-state index is 12.9. The quantitative estimate of drug-likeness (QED) is 0.723. The lowest BCUT2D eigenvalue weighted by Gasteiger charge is -2.42. The predicted octanol–water partition coefficient (Wildman–Crippen LogP) is 4.54. The van der Waals surface area contributed by atoms with Crippen molar-refractivity contribution >= 4 is 11.7 Å². The van der Waals surface area contributed by atoms with Crippen LogP contribution in [-0.2, 0) is 17.8 Å². The highest BCUT2D eigenvalue weighted by Crippen LogP contribution is 2.37. The van der Waals surface area contributed by atoms with E-state index in [9.17, 15) is 4.79 Å². The molecule has 4 heterocycles. The molecular formula is C25H33N3O3. The maximum atomic E-state index is 12.9. The van der Waals surface area contributed by atoms with Crippen molar-refractivity contribution in [1.82, 2.24) is 9.88 Å². The topological polar surface area (TPSA) is 58.8 Å². The highest BCUT2D eigenvalue weighted by atomic mass is 16.5. The Morgan fingerprint density at radius 1 is 1.23 bits per heavy atom. The van der Waals surface area contributed by atoms with Crippen LogP contribution in [-0.4, -0.2) is 48.1 Å². The number of amides is 1. The van der Waals surface area contributed by atoms with Gasteiger partial charge >= 0.3 is 0 Å². The summed E-state index contributed by atoms with van der Waals surface area (Å²) in [5.74, 6) is 2.08. The van der Waals surface area contributed by atoms with Gasteiger partial charge in [-0.1, -0.05) is 26.2 Å². The number of rotatable bonds is 4. The Balaban J connectivity index is 1.40. The third kappa shape index (κ3) is 4.10. The summed E-state index contributed by atoms with van der Waals surface area (Å²) in [6.45, 7) is 5.96. The second-order valence-corrected chi connectivity index (χ2v) is 9.12. The average Bonchev–Trinajstić information content (AvgIpc) is 3.38. The first-order chi connectivity index (χ1) is 15.2. The summed E-state index contributed by atoms with van der Waals surface area (Å²) in [5, 5.41) is 0. The molecule has 6 nitrogen and oxygen atoms in total. The Kier molecular flexibility index (Phi) is 5.99. The number of aromatic nitrogens is 1. The van der Waals surface area contributed by atoms with E-state index >= 15 is 0 Å². The van der Waals surface area contributed by atoms with E-state index in [1.165, 1.54) is 48.9 Å². The van der Waals surface area contributed by atoms with Crippen LogP contribution < -0.4 is 4.90 Å². The number of hydrogen-bond donors (Lipinski definition) is 0. The van der Waals surface area contributed by atoms with Crippen LogP contribution in [0.4, 0.5) is 5.82 Å². The van der Waals surface area contributed by atoms with Gasteiger partial charge in [0, 0.05) is 37.2 Å². The molecular weight excluding hydrogens is 390 g/mol. The van der Waals surface area contributed by atoms with Gasteiger partial charge in [-0.15, -0.1) is 0 Å². The van der Waals surface area contributed by atoms with E-state index in [0.717, 1.165) is 38.4 Å². The van der Waals surface area contributed by atoms with E-state index in [2.05, 4.69) is 17.9 Å². The lowest BCUT2D eigenvalue weighted by atomic mass is 9.83. The summed E-state index contributed by atoms with van der Waals surface area (Å²) in [4.78, 5) is 22.5. The lowest BCUT2D eigenvalue weighted by Crippen LogP contribution is -2.55. The van der Waals surface area contributed by atoms with Crippen LogP contribution in [0, 0.1) is 0 Å². The number of carbonyl (C=O) groups is 1. The van der Waals surface area contributed by atoms with Gasteiger partial charge in [-0.2, -0.15) is 0 Å². The predicted molar refractivity (Wildman–Crippen MR) is 119 cm³/mol. The van der Waals surface area contributed by atoms with Crippen molar-refractivity contribution in [2.24, 2.45) is 0 Å². The van der Waals surface area contributed by atoms with Crippen molar-refractivity contribution in [3.05, 3.63) is 47.0 Å². The van der Waals surface area contributed by atoms with Crippen molar-refractivity contribution in [3.8, 4) is 0 Å². The van der Waals surface area contributed by atoms with Crippen LogP contribution in [0.25, 0.3) is 0 Å². The van der Waals surface area contributed by atoms with Crippen LogP contribution in [0.3, 0.4) is 0 Å². The number of ether oxygens (including phenoxy) is 1. The number of fused-ring (bicyclic) bond motifs is 1. The van der Waals surface area contributed by atoms with E-state index in [-0.39, 0.29) is 11.9 Å². The van der Waals surface area contributed by atoms with E-state index in [0.29, 0.717) is 24.8 Å². The van der Waals surface area contributed by atoms with Gasteiger partial charge in [0.15, 0.2) is 5.76 Å². The summed E-state index contributed by atoms with van der Waals surface area (Å²) < 4.78 is 11.2. The molecule has 0 aromatic carbocycles. The summed E-state index contributed by atoms with van der Waals surface area (Å²) in [7, 11) is 0. The van der Waals surface area contributed by atoms with Crippen molar-refractivity contribution in [2.75, 3.05) is 31.1 Å². The fraction of sp³-hybridized carbons (Fsp3) is 0.600. The highest BCUT2D eigenvalue weighted by molar-refractivity contribution is 5.91. The summed E-state index contributed by atoms with van der Waals surface area (Å²) in [6, 6.07) is 5.98. The Labute approximate surface area is 184 Å². The number of hydrogen-bond acceptors (Lipinski definition) is 5. The number of furan rings is 1. The summed E-state index contributed by atoms with van der Waals surface area (Å²) in [5.41, 5.74) is 4.05. The molecule has 1 atom stereocenters. The number of anilines is 1. The molecule has 0 spiro atoms. The molecule has 0 radical (unpaired) electrons. The van der Waals surface area contributed by atoms with E-state index in [1.54, 1.807) is 18.4 Å². The molecule has 0 bridgehead atoms. The third-order valence-corrected chi connectivity index (χ3v) is 7.26. The van der Waals surface area contributed by atoms with Crippen molar-refractivity contribution < 1.29 is 13.9 Å². The Morgan fingerprint density at radius 2 is 2.10 bits per heavy atom. The van der Waals surface area contributed by atoms with Gasteiger partial charge in [0.25, 0.3) is 5.91 Å². The zero-order chi connectivity index (χ0) is 21.2. The van der Waals surface area contributed by atoms with Crippen LogP contribution in [0.2, 0.25) is 0 Å². The van der Waals surface area contributed by atoms with E-state index in [4.69, 9.17) is 14.1 Å². The molecule has 166 valence electrons. The van der Waals surface area contributed by atoms with Gasteiger partial charge in [-0.05, 0) is 49.4 Å². The Morgan fingerprint density at radius 3 is 2.87 bits per heavy atom. The molecule has 5 rings (SSSR count). The molecule has 6 heteroatoms. The summed E-state index contributed by atoms with van der Waals surface area (Å²) >= 11 is 0. The SMILES string of the molecule is CCC1CN(c2cc3c(c(C4CCCCC4)n2)COCC3)CCN1C(=O)c1ccco1. The second kappa shape index (κ2) is 9.03. The molecule has 0 N–H and O–H groups in total. The summed E-state index contributed by atoms with van der Waals surface area (Å²) in [6.07, 6.45) is 9.89. The fourth-order valence-electron chi connectivity index (χ4n) is 5.47. The van der Waals surface area contributed by atoms with Gasteiger partial charge < -0.3 is 19.0 Å². The normalized spacial score (nSPS) is 22.4. The first-order valence-electron chi connectivity index (χ1n) is 11.9. The third-order valence-electron chi connectivity index (χ3n) is 7.26. The van der Waals surface area contributed by atoms with E-state index < -0.39 is 0 Å². The minimum absolute atomic E-state index is 0.00468. The van der Waals surface area contributed by atoms with Crippen LogP contribution in [0.15, 0.2) is 28.9 Å². The molecule has 1 aliphatic carbocycles. The first kappa shape index (κ1) is 20.6. The highest BCUT2D eigenvalue weighted by Gasteiger charge is 2.33. The van der Waals surface area contributed by atoms with Gasteiger partial charge in [-0.25, -0.2) is 4.98 Å². The molecule has 1 unspecified atom stereocenters. The Bertz CT molecular complexity index is 905. The zero-order valence-corrected chi connectivity index (χ0v) is 18.5. The number of pyridine rings is 1. The van der Waals surface area contributed by atoms with Crippen molar-refractivity contribution in [2.45, 2.75) is 70.4 Å². The number of carbonyl (C=O) groups excluding carboxylic acids is 1. The van der Waals surface area contributed by atoms with Crippen molar-refractivity contribution in [1.29, 1.82) is 0 Å². The molecule has 1 saturated heterocycles. The molecule has 31 heavy (non-hydrogen) atoms. The van der Waals surface area contributed by atoms with Gasteiger partial charge in [0.2, 0.25) is 0 Å². The monoisotopic (exact) mass is 423 g/mol. The average molecular weight is 424 g/mol. The smallest absolute Gasteiger partial charge is 0.289 e. The standard InChI is InChI=1S/C25H33N3O3/c1-2-20-16-27(11-12-28(20)25(29)22-9-6-13-31-22)23-15-19-10-14-30-17-21(19)24(26-23)18-7-4-3-5-8-18/h6,9,13,15,18,20H,2-5,7-8,10-12,14,16-17H2,1H3. The van der Waals surface area contributed by atoms with Crippen LogP contribution >= 0.6 is 0 Å². The number of piperazine rings is 1. The van der Waals surface area contributed by atoms with Crippen LogP contribution in [0.5, 0.6) is 0 Å². The molecule has 2 fully saturated rings. The van der Waals surface area contributed by atoms with Gasteiger partial charge in [0.1, 0.15) is 5.82 Å². The Hall–Kier alpha value is -2.34. The maximum Gasteiger partial charge on any atom is 0.289 e. The largest absolute Gasteiger partial charge is 0.459 e. The zero-order valence-electron chi connectivity index (χ0n) is 18.5. The lowest BCUT2D eigenvalue weighted by molar-refractivity contribution is 0.0618. The molecule has 2 aliphatic heterocycles. The fourth-order valence-corrected chi connectivity index (χ4v) is 5.47. The minimum atomic E-state index is -0.00468. The number of nitrogens with zero attached hydrogens (tertiary/aromatic N) is 3. The first-order valence-corrected chi connectivity index (χ1v) is 11.9.